The van der Waals surface area contributed by atoms with Gasteiger partial charge in [0.25, 0.3) is 0 Å². The van der Waals surface area contributed by atoms with Gasteiger partial charge in [0.2, 0.25) is 11.8 Å². The highest BCUT2D eigenvalue weighted by Crippen LogP contribution is 2.56. The van der Waals surface area contributed by atoms with E-state index in [1.807, 2.05) is 0 Å². The highest BCUT2D eigenvalue weighted by Gasteiger charge is 2.63. The van der Waals surface area contributed by atoms with Gasteiger partial charge < -0.3 is 14.6 Å². The molecule has 162 valence electrons. The van der Waals surface area contributed by atoms with Crippen LogP contribution in [0.15, 0.2) is 48.5 Å². The number of ether oxygens (including phenoxy) is 2. The highest BCUT2D eigenvalue weighted by atomic mass is 16.5. The lowest BCUT2D eigenvalue weighted by atomic mass is 9.54. The van der Waals surface area contributed by atoms with E-state index in [0.717, 1.165) is 0 Å². The number of amides is 4. The second-order valence-corrected chi connectivity index (χ2v) is 7.89. The number of nitrogens with one attached hydrogen (secondary N) is 2. The number of methoxy groups -OCH3 is 2. The monoisotopic (exact) mass is 424 g/mol. The van der Waals surface area contributed by atoms with E-state index in [0.29, 0.717) is 22.6 Å². The largest absolute Gasteiger partial charge is 0.497 e. The van der Waals surface area contributed by atoms with Crippen molar-refractivity contribution in [1.82, 2.24) is 10.6 Å². The summed E-state index contributed by atoms with van der Waals surface area (Å²) < 4.78 is 10.7. The molecule has 31 heavy (non-hydrogen) atoms. The van der Waals surface area contributed by atoms with Gasteiger partial charge in [0.15, 0.2) is 0 Å². The van der Waals surface area contributed by atoms with Crippen LogP contribution in [0.1, 0.15) is 35.8 Å². The predicted molar refractivity (Wildman–Crippen MR) is 111 cm³/mol. The summed E-state index contributed by atoms with van der Waals surface area (Å²) in [7, 11) is 3.06. The Hall–Kier alpha value is -3.39. The van der Waals surface area contributed by atoms with Crippen LogP contribution in [-0.2, 0) is 9.59 Å². The van der Waals surface area contributed by atoms with Crippen molar-refractivity contribution in [1.29, 1.82) is 0 Å². The molecule has 8 nitrogen and oxygen atoms in total. The third-order valence-electron chi connectivity index (χ3n) is 6.31. The van der Waals surface area contributed by atoms with Crippen LogP contribution in [0, 0.1) is 5.41 Å². The number of hydrogen-bond donors (Lipinski definition) is 3. The number of carbonyl (C=O) groups is 3. The van der Waals surface area contributed by atoms with Crippen LogP contribution in [-0.4, -0.2) is 43.3 Å². The van der Waals surface area contributed by atoms with Crippen LogP contribution >= 0.6 is 0 Å². The van der Waals surface area contributed by atoms with Gasteiger partial charge in [-0.2, -0.15) is 0 Å². The van der Waals surface area contributed by atoms with E-state index in [1.54, 1.807) is 48.5 Å². The van der Waals surface area contributed by atoms with Crippen LogP contribution in [0.3, 0.4) is 0 Å². The van der Waals surface area contributed by atoms with Crippen molar-refractivity contribution in [2.24, 2.45) is 5.41 Å². The zero-order chi connectivity index (χ0) is 22.2. The van der Waals surface area contributed by atoms with Crippen molar-refractivity contribution in [3.05, 3.63) is 59.7 Å². The van der Waals surface area contributed by atoms with Gasteiger partial charge >= 0.3 is 6.03 Å². The average Bonchev–Trinajstić information content (AvgIpc) is 2.77. The van der Waals surface area contributed by atoms with E-state index in [9.17, 15) is 19.5 Å². The molecule has 4 rings (SSSR count). The Labute approximate surface area is 179 Å². The Balaban J connectivity index is 1.94. The van der Waals surface area contributed by atoms with E-state index < -0.39 is 41.2 Å². The third kappa shape index (κ3) is 3.42. The number of benzene rings is 2. The molecule has 2 fully saturated rings. The van der Waals surface area contributed by atoms with Crippen molar-refractivity contribution >= 4 is 17.8 Å². The Morgan fingerprint density at radius 1 is 0.839 bits per heavy atom. The molecule has 1 aliphatic heterocycles. The summed E-state index contributed by atoms with van der Waals surface area (Å²) in [4.78, 5) is 38.8. The first-order valence-electron chi connectivity index (χ1n) is 10.0. The molecule has 2 atom stereocenters. The molecule has 0 aromatic heterocycles. The van der Waals surface area contributed by atoms with E-state index in [2.05, 4.69) is 10.6 Å². The smallest absolute Gasteiger partial charge is 0.328 e. The molecule has 0 unspecified atom stereocenters. The van der Waals surface area contributed by atoms with Gasteiger partial charge in [0.1, 0.15) is 16.9 Å². The summed E-state index contributed by atoms with van der Waals surface area (Å²) in [6.07, 6.45) is -0.387. The summed E-state index contributed by atoms with van der Waals surface area (Å²) in [5.41, 5.74) is -0.289. The van der Waals surface area contributed by atoms with E-state index in [4.69, 9.17) is 9.47 Å². The van der Waals surface area contributed by atoms with E-state index in [-0.39, 0.29) is 12.8 Å². The predicted octanol–water partition coefficient (Wildman–Crippen LogP) is 2.08. The summed E-state index contributed by atoms with van der Waals surface area (Å²) in [5, 5.41) is 15.3. The minimum atomic E-state index is -1.63. The fraction of sp³-hybridized carbons (Fsp3) is 0.348. The SMILES string of the molecule is COc1cccc([C@@H]2CC(O)C[C@@H](c3cccc(OC)c3)C23C(=O)NC(=O)NC3=O)c1. The standard InChI is InChI=1S/C23H24N2O6/c1-30-16-7-3-5-13(9-16)18-11-15(26)12-19(14-6-4-8-17(10-14)31-2)23(18)20(27)24-22(29)25-21(23)28/h3-10,15,18-19,26H,11-12H2,1-2H3,(H2,24,25,27,28,29)/t18-,19-/m0/s1. The van der Waals surface area contributed by atoms with Crippen molar-refractivity contribution in [2.75, 3.05) is 14.2 Å². The maximum Gasteiger partial charge on any atom is 0.328 e. The summed E-state index contributed by atoms with van der Waals surface area (Å²) in [6, 6.07) is 13.3. The van der Waals surface area contributed by atoms with Gasteiger partial charge in [0, 0.05) is 11.8 Å². The average molecular weight is 424 g/mol. The number of aliphatic hydroxyl groups excluding tert-OH is 1. The summed E-state index contributed by atoms with van der Waals surface area (Å²) in [6.45, 7) is 0. The Morgan fingerprint density at radius 3 is 1.71 bits per heavy atom. The fourth-order valence-electron chi connectivity index (χ4n) is 4.95. The maximum absolute atomic E-state index is 13.4. The normalized spacial score (nSPS) is 25.0. The number of hydrogen-bond acceptors (Lipinski definition) is 6. The quantitative estimate of drug-likeness (QED) is 0.648. The maximum atomic E-state index is 13.4. The van der Waals surface area contributed by atoms with Crippen LogP contribution < -0.4 is 20.1 Å². The molecule has 1 aliphatic carbocycles. The number of rotatable bonds is 4. The zero-order valence-corrected chi connectivity index (χ0v) is 17.3. The van der Waals surface area contributed by atoms with Crippen LogP contribution in [0.5, 0.6) is 11.5 Å². The second-order valence-electron chi connectivity index (χ2n) is 7.89. The van der Waals surface area contributed by atoms with Crippen molar-refractivity contribution in [3.8, 4) is 11.5 Å². The number of carbonyl (C=O) groups excluding carboxylic acids is 3. The van der Waals surface area contributed by atoms with Crippen LogP contribution in [0.4, 0.5) is 4.79 Å². The fourth-order valence-corrected chi connectivity index (χ4v) is 4.95. The van der Waals surface area contributed by atoms with Crippen LogP contribution in [0.2, 0.25) is 0 Å². The third-order valence-corrected chi connectivity index (χ3v) is 6.31. The molecule has 2 aromatic rings. The highest BCUT2D eigenvalue weighted by molar-refractivity contribution is 6.20. The van der Waals surface area contributed by atoms with Gasteiger partial charge in [-0.15, -0.1) is 0 Å². The molecule has 4 amide bonds. The molecule has 1 spiro atoms. The number of aliphatic hydroxyl groups is 1. The van der Waals surface area contributed by atoms with E-state index >= 15 is 0 Å². The molecular weight excluding hydrogens is 400 g/mol. The molecule has 8 heteroatoms. The zero-order valence-electron chi connectivity index (χ0n) is 17.3. The number of urea groups is 1. The van der Waals surface area contributed by atoms with Crippen LogP contribution in [0.25, 0.3) is 0 Å². The molecule has 1 saturated heterocycles. The van der Waals surface area contributed by atoms with Gasteiger partial charge in [-0.05, 0) is 48.2 Å². The van der Waals surface area contributed by atoms with Gasteiger partial charge in [-0.25, -0.2) is 4.79 Å². The molecule has 1 heterocycles. The molecule has 0 bridgehead atoms. The molecule has 2 aromatic carbocycles. The van der Waals surface area contributed by atoms with Crippen molar-refractivity contribution < 1.29 is 29.0 Å². The van der Waals surface area contributed by atoms with Gasteiger partial charge in [0.05, 0.1) is 20.3 Å². The molecular formula is C23H24N2O6. The first-order chi connectivity index (χ1) is 14.9. The Bertz CT molecular complexity index is 957. The lowest BCUT2D eigenvalue weighted by Crippen LogP contribution is -2.68. The topological polar surface area (TPSA) is 114 Å². The first-order valence-corrected chi connectivity index (χ1v) is 10.0. The van der Waals surface area contributed by atoms with E-state index in [1.165, 1.54) is 14.2 Å². The van der Waals surface area contributed by atoms with Crippen molar-refractivity contribution in [2.45, 2.75) is 30.8 Å². The Kier molecular flexibility index (Phi) is 5.41. The minimum absolute atomic E-state index is 0.183. The summed E-state index contributed by atoms with van der Waals surface area (Å²) in [5.74, 6) is -1.58. The molecule has 2 aliphatic rings. The lowest BCUT2D eigenvalue weighted by molar-refractivity contribution is -0.152. The molecule has 0 radical (unpaired) electrons. The number of barbiturate groups is 1. The van der Waals surface area contributed by atoms with Gasteiger partial charge in [-0.1, -0.05) is 24.3 Å². The number of imide groups is 2. The first kappa shape index (κ1) is 20.9. The second kappa shape index (κ2) is 8.03. The van der Waals surface area contributed by atoms with Gasteiger partial charge in [-0.3, -0.25) is 20.2 Å². The minimum Gasteiger partial charge on any atom is -0.497 e. The summed E-state index contributed by atoms with van der Waals surface area (Å²) >= 11 is 0. The lowest BCUT2D eigenvalue weighted by Gasteiger charge is -2.50. The van der Waals surface area contributed by atoms with Crippen molar-refractivity contribution in [3.63, 3.8) is 0 Å². The Morgan fingerprint density at radius 2 is 1.29 bits per heavy atom. The molecule has 3 N–H and O–H groups in total. The molecule has 1 saturated carbocycles.